The van der Waals surface area contributed by atoms with E-state index >= 15 is 0 Å². The van der Waals surface area contributed by atoms with Crippen molar-refractivity contribution in [3.8, 4) is 11.4 Å². The summed E-state index contributed by atoms with van der Waals surface area (Å²) in [4.78, 5) is 26.3. The summed E-state index contributed by atoms with van der Waals surface area (Å²) in [5, 5.41) is 3.35. The van der Waals surface area contributed by atoms with Crippen molar-refractivity contribution in [3.05, 3.63) is 60.6 Å². The number of nitrogens with one attached hydrogen (secondary N) is 1. The number of primary amides is 1. The molecule has 34 heavy (non-hydrogen) atoms. The molecule has 1 aliphatic carbocycles. The SMILES string of the molecule is CCNc1ccc(-c2nc(N3CCOCC3)cc(C3(Sc4ccncc4)CC3)n2)cc1.NC=O. The Morgan fingerprint density at radius 3 is 2.41 bits per heavy atom. The van der Waals surface area contributed by atoms with Crippen molar-refractivity contribution in [1.29, 1.82) is 0 Å². The Morgan fingerprint density at radius 1 is 1.12 bits per heavy atom. The van der Waals surface area contributed by atoms with Crippen LogP contribution in [-0.4, -0.2) is 54.2 Å². The van der Waals surface area contributed by atoms with Gasteiger partial charge in [-0.1, -0.05) is 0 Å². The van der Waals surface area contributed by atoms with E-state index in [0.717, 1.165) is 74.3 Å². The van der Waals surface area contributed by atoms with Gasteiger partial charge in [0.25, 0.3) is 0 Å². The van der Waals surface area contributed by atoms with Gasteiger partial charge in [-0.05, 0) is 56.2 Å². The van der Waals surface area contributed by atoms with Gasteiger partial charge >= 0.3 is 0 Å². The van der Waals surface area contributed by atoms with E-state index in [9.17, 15) is 0 Å². The van der Waals surface area contributed by atoms with Crippen LogP contribution < -0.4 is 16.0 Å². The number of carbonyl (C=O) groups is 1. The molecular formula is C25H30N6O2S. The van der Waals surface area contributed by atoms with Crippen LogP contribution in [0.2, 0.25) is 0 Å². The van der Waals surface area contributed by atoms with Gasteiger partial charge < -0.3 is 20.7 Å². The lowest BCUT2D eigenvalue weighted by Crippen LogP contribution is -2.37. The number of nitrogens with zero attached hydrogens (tertiary/aromatic N) is 4. The van der Waals surface area contributed by atoms with E-state index in [1.54, 1.807) is 0 Å². The highest BCUT2D eigenvalue weighted by Gasteiger charge is 2.47. The molecule has 0 atom stereocenters. The number of anilines is 2. The van der Waals surface area contributed by atoms with Crippen LogP contribution in [0.15, 0.2) is 59.8 Å². The van der Waals surface area contributed by atoms with Crippen molar-refractivity contribution in [2.24, 2.45) is 5.73 Å². The summed E-state index contributed by atoms with van der Waals surface area (Å²) >= 11 is 1.89. The second-order valence-corrected chi connectivity index (χ2v) is 9.51. The lowest BCUT2D eigenvalue weighted by molar-refractivity contribution is -0.106. The molecule has 0 unspecified atom stereocenters. The maximum absolute atomic E-state index is 8.58. The number of amides is 1. The summed E-state index contributed by atoms with van der Waals surface area (Å²) in [5.74, 6) is 1.80. The molecule has 2 aliphatic rings. The molecule has 0 bridgehead atoms. The number of nitrogens with two attached hydrogens (primary N) is 1. The maximum atomic E-state index is 8.58. The third kappa shape index (κ3) is 5.84. The van der Waals surface area contributed by atoms with Gasteiger partial charge in [0.15, 0.2) is 5.82 Å². The quantitative estimate of drug-likeness (QED) is 0.495. The Labute approximate surface area is 204 Å². The molecule has 3 N–H and O–H groups in total. The average molecular weight is 479 g/mol. The van der Waals surface area contributed by atoms with Crippen LogP contribution in [-0.2, 0) is 14.3 Å². The molecule has 5 rings (SSSR count). The van der Waals surface area contributed by atoms with Gasteiger partial charge in [0.2, 0.25) is 6.41 Å². The zero-order chi connectivity index (χ0) is 23.8. The number of ether oxygens (including phenoxy) is 1. The molecular weight excluding hydrogens is 448 g/mol. The van der Waals surface area contributed by atoms with Gasteiger partial charge in [0.1, 0.15) is 5.82 Å². The largest absolute Gasteiger partial charge is 0.385 e. The molecule has 1 aromatic carbocycles. The molecule has 1 saturated carbocycles. The van der Waals surface area contributed by atoms with Crippen LogP contribution in [0.5, 0.6) is 0 Å². The highest BCUT2D eigenvalue weighted by molar-refractivity contribution is 8.00. The molecule has 2 fully saturated rings. The van der Waals surface area contributed by atoms with Crippen molar-refractivity contribution < 1.29 is 9.53 Å². The minimum atomic E-state index is 0.0176. The molecule has 1 amide bonds. The fourth-order valence-corrected chi connectivity index (χ4v) is 5.07. The number of carbonyl (C=O) groups excluding carboxylic acids is 1. The Hall–Kier alpha value is -3.17. The number of hydrogen-bond acceptors (Lipinski definition) is 8. The predicted molar refractivity (Wildman–Crippen MR) is 136 cm³/mol. The van der Waals surface area contributed by atoms with E-state index in [4.69, 9.17) is 19.5 Å². The van der Waals surface area contributed by atoms with Crippen LogP contribution in [0.25, 0.3) is 11.4 Å². The number of morpholine rings is 1. The molecule has 0 spiro atoms. The first kappa shape index (κ1) is 24.0. The average Bonchev–Trinajstić information content (AvgIpc) is 3.67. The van der Waals surface area contributed by atoms with Crippen LogP contribution in [0, 0.1) is 0 Å². The molecule has 0 radical (unpaired) electrons. The topological polar surface area (TPSA) is 106 Å². The Morgan fingerprint density at radius 2 is 1.79 bits per heavy atom. The molecule has 9 heteroatoms. The lowest BCUT2D eigenvalue weighted by Gasteiger charge is -2.29. The molecule has 1 saturated heterocycles. The summed E-state index contributed by atoms with van der Waals surface area (Å²) in [6.45, 7) is 6.21. The van der Waals surface area contributed by atoms with Gasteiger partial charge in [0, 0.05) is 54.2 Å². The zero-order valence-electron chi connectivity index (χ0n) is 19.3. The van der Waals surface area contributed by atoms with Crippen molar-refractivity contribution in [3.63, 3.8) is 0 Å². The van der Waals surface area contributed by atoms with Crippen molar-refractivity contribution in [2.75, 3.05) is 43.1 Å². The fourth-order valence-electron chi connectivity index (χ4n) is 3.85. The monoisotopic (exact) mass is 478 g/mol. The summed E-state index contributed by atoms with van der Waals surface area (Å²) in [6.07, 6.45) is 6.21. The lowest BCUT2D eigenvalue weighted by atomic mass is 10.1. The summed E-state index contributed by atoms with van der Waals surface area (Å²) < 4.78 is 5.58. The van der Waals surface area contributed by atoms with Crippen molar-refractivity contribution >= 4 is 29.7 Å². The minimum absolute atomic E-state index is 0.0176. The molecule has 3 heterocycles. The van der Waals surface area contributed by atoms with Gasteiger partial charge in [0.05, 0.1) is 23.7 Å². The van der Waals surface area contributed by atoms with E-state index in [1.807, 2.05) is 24.2 Å². The Bertz CT molecular complexity index is 1070. The van der Waals surface area contributed by atoms with Gasteiger partial charge in [-0.2, -0.15) is 0 Å². The predicted octanol–water partition coefficient (Wildman–Crippen LogP) is 3.69. The van der Waals surface area contributed by atoms with Gasteiger partial charge in [-0.15, -0.1) is 11.8 Å². The smallest absolute Gasteiger partial charge is 0.204 e. The highest BCUT2D eigenvalue weighted by atomic mass is 32.2. The van der Waals surface area contributed by atoms with Crippen LogP contribution in [0.3, 0.4) is 0 Å². The minimum Gasteiger partial charge on any atom is -0.385 e. The van der Waals surface area contributed by atoms with Crippen LogP contribution in [0.4, 0.5) is 11.5 Å². The summed E-state index contributed by atoms with van der Waals surface area (Å²) in [7, 11) is 0. The Balaban J connectivity index is 0.000000868. The van der Waals surface area contributed by atoms with Gasteiger partial charge in [-0.25, -0.2) is 9.97 Å². The number of hydrogen-bond donors (Lipinski definition) is 2. The summed E-state index contributed by atoms with van der Waals surface area (Å²) in [6, 6.07) is 14.8. The second-order valence-electron chi connectivity index (χ2n) is 8.06. The second kappa shape index (κ2) is 11.3. The highest BCUT2D eigenvalue weighted by Crippen LogP contribution is 2.59. The van der Waals surface area contributed by atoms with Crippen molar-refractivity contribution in [2.45, 2.75) is 29.4 Å². The third-order valence-corrected chi connectivity index (χ3v) is 7.22. The van der Waals surface area contributed by atoms with E-state index in [1.165, 1.54) is 4.90 Å². The number of aromatic nitrogens is 3. The van der Waals surface area contributed by atoms with E-state index in [-0.39, 0.29) is 11.2 Å². The third-order valence-electron chi connectivity index (χ3n) is 5.71. The maximum Gasteiger partial charge on any atom is 0.204 e. The van der Waals surface area contributed by atoms with E-state index < -0.39 is 0 Å². The molecule has 1 aliphatic heterocycles. The molecule has 178 valence electrons. The van der Waals surface area contributed by atoms with Gasteiger partial charge in [-0.3, -0.25) is 9.78 Å². The van der Waals surface area contributed by atoms with E-state index in [0.29, 0.717) is 0 Å². The Kier molecular flexibility index (Phi) is 7.97. The number of rotatable bonds is 7. The fraction of sp³-hybridized carbons (Fsp3) is 0.360. The van der Waals surface area contributed by atoms with Crippen molar-refractivity contribution in [1.82, 2.24) is 15.0 Å². The standard InChI is InChI=1S/C24H27N5OS.CH3NO/c1-2-26-19-5-3-18(4-6-19)23-27-21(17-22(28-23)29-13-15-30-16-14-29)24(9-10-24)31-20-7-11-25-12-8-20;2-1-3/h3-8,11-12,17,26H,2,9-10,13-16H2,1H3;1H,(H2,2,3). The first-order chi connectivity index (χ1) is 16.7. The normalized spacial score (nSPS) is 16.2. The number of thioether (sulfide) groups is 1. The molecule has 2 aromatic heterocycles. The van der Waals surface area contributed by atoms with Crippen LogP contribution >= 0.6 is 11.8 Å². The van der Waals surface area contributed by atoms with Crippen LogP contribution in [0.1, 0.15) is 25.5 Å². The summed E-state index contributed by atoms with van der Waals surface area (Å²) in [5.41, 5.74) is 7.45. The number of pyridine rings is 1. The first-order valence-corrected chi connectivity index (χ1v) is 12.3. The first-order valence-electron chi connectivity index (χ1n) is 11.5. The van der Waals surface area contributed by atoms with E-state index in [2.05, 4.69) is 70.3 Å². The number of benzene rings is 1. The molecule has 3 aromatic rings. The molecule has 8 nitrogen and oxygen atoms in total. The zero-order valence-corrected chi connectivity index (χ0v) is 20.1.